The van der Waals surface area contributed by atoms with E-state index >= 15 is 0 Å². The smallest absolute Gasteiger partial charge is 0.335 e. The number of benzene rings is 2. The molecule has 0 radical (unpaired) electrons. The van der Waals surface area contributed by atoms with Gasteiger partial charge in [0.05, 0.1) is 25.1 Å². The fourth-order valence-electron chi connectivity index (χ4n) is 3.39. The summed E-state index contributed by atoms with van der Waals surface area (Å²) in [5.41, 5.74) is 1.83. The SMILES string of the molecule is COc1ccc(C2CCCN2C(=O)Cc2ccccc2C(=O)O)cc1. The number of hydrogen-bond acceptors (Lipinski definition) is 3. The summed E-state index contributed by atoms with van der Waals surface area (Å²) in [6, 6.07) is 14.5. The van der Waals surface area contributed by atoms with Gasteiger partial charge in [-0.25, -0.2) is 4.79 Å². The molecule has 2 aromatic carbocycles. The zero-order valence-electron chi connectivity index (χ0n) is 14.1. The van der Waals surface area contributed by atoms with Gasteiger partial charge in [0.25, 0.3) is 0 Å². The van der Waals surface area contributed by atoms with Crippen LogP contribution >= 0.6 is 0 Å². The first-order valence-electron chi connectivity index (χ1n) is 8.35. The number of carboxylic acids is 1. The molecule has 0 spiro atoms. The van der Waals surface area contributed by atoms with Gasteiger partial charge in [-0.2, -0.15) is 0 Å². The molecule has 1 amide bonds. The number of ether oxygens (including phenoxy) is 1. The molecule has 0 aliphatic carbocycles. The summed E-state index contributed by atoms with van der Waals surface area (Å²) in [4.78, 5) is 26.0. The van der Waals surface area contributed by atoms with Gasteiger partial charge in [0, 0.05) is 6.54 Å². The van der Waals surface area contributed by atoms with Gasteiger partial charge in [0.15, 0.2) is 0 Å². The van der Waals surface area contributed by atoms with Crippen LogP contribution < -0.4 is 4.74 Å². The van der Waals surface area contributed by atoms with Gasteiger partial charge >= 0.3 is 5.97 Å². The van der Waals surface area contributed by atoms with Gasteiger partial charge in [-0.15, -0.1) is 0 Å². The number of carbonyl (C=O) groups is 2. The fourth-order valence-corrected chi connectivity index (χ4v) is 3.39. The largest absolute Gasteiger partial charge is 0.497 e. The third kappa shape index (κ3) is 3.65. The van der Waals surface area contributed by atoms with E-state index in [2.05, 4.69) is 0 Å². The first-order chi connectivity index (χ1) is 12.1. The summed E-state index contributed by atoms with van der Waals surface area (Å²) in [6.07, 6.45) is 1.97. The van der Waals surface area contributed by atoms with E-state index in [-0.39, 0.29) is 23.9 Å². The second-order valence-electron chi connectivity index (χ2n) is 6.16. The molecule has 1 unspecified atom stereocenters. The molecule has 130 valence electrons. The van der Waals surface area contributed by atoms with Gasteiger partial charge in [-0.1, -0.05) is 30.3 Å². The van der Waals surface area contributed by atoms with Crippen LogP contribution in [0, 0.1) is 0 Å². The zero-order valence-corrected chi connectivity index (χ0v) is 14.1. The first-order valence-corrected chi connectivity index (χ1v) is 8.35. The van der Waals surface area contributed by atoms with E-state index < -0.39 is 5.97 Å². The molecule has 2 aromatic rings. The fraction of sp³-hybridized carbons (Fsp3) is 0.300. The maximum atomic E-state index is 12.8. The minimum Gasteiger partial charge on any atom is -0.497 e. The molecule has 3 rings (SSSR count). The van der Waals surface area contributed by atoms with Crippen LogP contribution in [0.2, 0.25) is 0 Å². The summed E-state index contributed by atoms with van der Waals surface area (Å²) < 4.78 is 5.18. The Morgan fingerprint density at radius 2 is 1.88 bits per heavy atom. The lowest BCUT2D eigenvalue weighted by molar-refractivity contribution is -0.131. The van der Waals surface area contributed by atoms with E-state index in [4.69, 9.17) is 4.74 Å². The van der Waals surface area contributed by atoms with Crippen molar-refractivity contribution in [1.82, 2.24) is 4.90 Å². The number of methoxy groups -OCH3 is 1. The summed E-state index contributed by atoms with van der Waals surface area (Å²) in [5, 5.41) is 9.29. The lowest BCUT2D eigenvalue weighted by atomic mass is 10.0. The number of carbonyl (C=O) groups excluding carboxylic acids is 1. The Bertz CT molecular complexity index is 770. The number of hydrogen-bond donors (Lipinski definition) is 1. The minimum absolute atomic E-state index is 0.0352. The Balaban J connectivity index is 1.78. The highest BCUT2D eigenvalue weighted by atomic mass is 16.5. The molecule has 5 nitrogen and oxygen atoms in total. The van der Waals surface area contributed by atoms with Crippen molar-refractivity contribution in [3.05, 3.63) is 65.2 Å². The summed E-state index contributed by atoms with van der Waals surface area (Å²) in [6.45, 7) is 0.699. The number of carboxylic acid groups (broad SMARTS) is 1. The number of rotatable bonds is 5. The molecular weight excluding hydrogens is 318 g/mol. The molecule has 1 aliphatic rings. The van der Waals surface area contributed by atoms with Gasteiger partial charge in [0.1, 0.15) is 5.75 Å². The standard InChI is InChI=1S/C20H21NO4/c1-25-16-10-8-14(9-11-16)18-7-4-12-21(18)19(22)13-15-5-2-3-6-17(15)20(23)24/h2-3,5-6,8-11,18H,4,7,12-13H2,1H3,(H,23,24). The Morgan fingerprint density at radius 3 is 2.56 bits per heavy atom. The van der Waals surface area contributed by atoms with E-state index in [1.165, 1.54) is 6.07 Å². The molecule has 0 aromatic heterocycles. The molecule has 1 heterocycles. The highest BCUT2D eigenvalue weighted by Crippen LogP contribution is 2.33. The Kier molecular flexibility index (Phi) is 5.03. The molecule has 1 fully saturated rings. The number of nitrogens with zero attached hydrogens (tertiary/aromatic N) is 1. The van der Waals surface area contributed by atoms with Crippen molar-refractivity contribution < 1.29 is 19.4 Å². The van der Waals surface area contributed by atoms with Gasteiger partial charge in [-0.3, -0.25) is 4.79 Å². The minimum atomic E-state index is -1.00. The van der Waals surface area contributed by atoms with Gasteiger partial charge in [-0.05, 0) is 42.2 Å². The first kappa shape index (κ1) is 17.0. The van der Waals surface area contributed by atoms with Crippen molar-refractivity contribution in [2.24, 2.45) is 0 Å². The Morgan fingerprint density at radius 1 is 1.16 bits per heavy atom. The van der Waals surface area contributed by atoms with E-state index in [1.54, 1.807) is 25.3 Å². The third-order valence-corrected chi connectivity index (χ3v) is 4.66. The van der Waals surface area contributed by atoms with Gasteiger partial charge in [0.2, 0.25) is 5.91 Å². The van der Waals surface area contributed by atoms with Crippen LogP contribution in [-0.4, -0.2) is 35.5 Å². The van der Waals surface area contributed by atoms with Crippen LogP contribution in [0.25, 0.3) is 0 Å². The maximum Gasteiger partial charge on any atom is 0.335 e. The molecule has 0 saturated carbocycles. The van der Waals surface area contributed by atoms with Crippen molar-refractivity contribution >= 4 is 11.9 Å². The lowest BCUT2D eigenvalue weighted by Crippen LogP contribution is -2.32. The molecule has 5 heteroatoms. The zero-order chi connectivity index (χ0) is 17.8. The predicted octanol–water partition coefficient (Wildman–Crippen LogP) is 3.30. The summed E-state index contributed by atoms with van der Waals surface area (Å²) in [5.74, 6) is -0.251. The Hall–Kier alpha value is -2.82. The van der Waals surface area contributed by atoms with E-state index in [1.807, 2.05) is 29.2 Å². The molecular formula is C20H21NO4. The maximum absolute atomic E-state index is 12.8. The Labute approximate surface area is 146 Å². The second kappa shape index (κ2) is 7.38. The molecule has 1 aliphatic heterocycles. The summed E-state index contributed by atoms with van der Waals surface area (Å²) >= 11 is 0. The average Bonchev–Trinajstić information content (AvgIpc) is 3.12. The normalized spacial score (nSPS) is 16.7. The molecule has 1 atom stereocenters. The van der Waals surface area contributed by atoms with Crippen LogP contribution in [0.5, 0.6) is 5.75 Å². The van der Waals surface area contributed by atoms with E-state index in [0.717, 1.165) is 24.2 Å². The molecule has 1 N–H and O–H groups in total. The quantitative estimate of drug-likeness (QED) is 0.908. The van der Waals surface area contributed by atoms with Crippen LogP contribution in [0.1, 0.15) is 40.4 Å². The summed E-state index contributed by atoms with van der Waals surface area (Å²) in [7, 11) is 1.63. The molecule has 1 saturated heterocycles. The lowest BCUT2D eigenvalue weighted by Gasteiger charge is -2.25. The van der Waals surface area contributed by atoms with Crippen LogP contribution in [0.4, 0.5) is 0 Å². The van der Waals surface area contributed by atoms with Crippen molar-refractivity contribution in [3.63, 3.8) is 0 Å². The monoisotopic (exact) mass is 339 g/mol. The van der Waals surface area contributed by atoms with Crippen molar-refractivity contribution in [1.29, 1.82) is 0 Å². The van der Waals surface area contributed by atoms with Crippen LogP contribution in [-0.2, 0) is 11.2 Å². The highest BCUT2D eigenvalue weighted by Gasteiger charge is 2.30. The van der Waals surface area contributed by atoms with Crippen molar-refractivity contribution in [3.8, 4) is 5.75 Å². The predicted molar refractivity (Wildman–Crippen MR) is 93.8 cm³/mol. The number of likely N-dealkylation sites (tertiary alicyclic amines) is 1. The van der Waals surface area contributed by atoms with E-state index in [0.29, 0.717) is 12.1 Å². The van der Waals surface area contributed by atoms with Crippen molar-refractivity contribution in [2.45, 2.75) is 25.3 Å². The van der Waals surface area contributed by atoms with Crippen LogP contribution in [0.3, 0.4) is 0 Å². The number of aromatic carboxylic acids is 1. The molecule has 25 heavy (non-hydrogen) atoms. The average molecular weight is 339 g/mol. The van der Waals surface area contributed by atoms with Gasteiger partial charge < -0.3 is 14.7 Å². The topological polar surface area (TPSA) is 66.8 Å². The van der Waals surface area contributed by atoms with E-state index in [9.17, 15) is 14.7 Å². The highest BCUT2D eigenvalue weighted by molar-refractivity contribution is 5.91. The second-order valence-corrected chi connectivity index (χ2v) is 6.16. The third-order valence-electron chi connectivity index (χ3n) is 4.66. The van der Waals surface area contributed by atoms with Crippen LogP contribution in [0.15, 0.2) is 48.5 Å². The van der Waals surface area contributed by atoms with Crippen molar-refractivity contribution in [2.75, 3.05) is 13.7 Å². The number of amides is 1. The molecule has 0 bridgehead atoms.